The first-order valence-electron chi connectivity index (χ1n) is 9.24. The standard InChI is InChI=1S/C22H28N2O3/c1-3-24(20(16-26-2)13-18-7-5-4-6-8-18)15-21(25)17-27-22-11-9-19(14-23)10-12-22/h4-12,20-21,25H,3,13,15-17H2,1-2H3/t20-,21-/m1/s1. The maximum Gasteiger partial charge on any atom is 0.119 e. The summed E-state index contributed by atoms with van der Waals surface area (Å²) in [5, 5.41) is 19.3. The molecule has 0 aliphatic carbocycles. The minimum absolute atomic E-state index is 0.187. The predicted octanol–water partition coefficient (Wildman–Crippen LogP) is 2.88. The lowest BCUT2D eigenvalue weighted by Crippen LogP contribution is -2.45. The molecule has 0 saturated heterocycles. The summed E-state index contributed by atoms with van der Waals surface area (Å²) in [5.41, 5.74) is 1.84. The smallest absolute Gasteiger partial charge is 0.119 e. The summed E-state index contributed by atoms with van der Waals surface area (Å²) < 4.78 is 11.1. The van der Waals surface area contributed by atoms with Crippen molar-refractivity contribution in [2.24, 2.45) is 0 Å². The van der Waals surface area contributed by atoms with Gasteiger partial charge in [0.05, 0.1) is 18.2 Å². The quantitative estimate of drug-likeness (QED) is 0.661. The van der Waals surface area contributed by atoms with Gasteiger partial charge in [0.1, 0.15) is 18.5 Å². The first-order chi connectivity index (χ1) is 13.2. The van der Waals surface area contributed by atoms with Crippen molar-refractivity contribution in [3.05, 3.63) is 65.7 Å². The lowest BCUT2D eigenvalue weighted by atomic mass is 10.0. The van der Waals surface area contributed by atoms with E-state index in [1.54, 1.807) is 31.4 Å². The van der Waals surface area contributed by atoms with Gasteiger partial charge in [-0.05, 0) is 42.8 Å². The van der Waals surface area contributed by atoms with Crippen LogP contribution in [0.5, 0.6) is 5.75 Å². The molecule has 0 radical (unpaired) electrons. The normalized spacial score (nSPS) is 13.1. The summed E-state index contributed by atoms with van der Waals surface area (Å²) in [6, 6.07) is 19.5. The molecule has 2 atom stereocenters. The van der Waals surface area contributed by atoms with Gasteiger partial charge >= 0.3 is 0 Å². The van der Waals surface area contributed by atoms with Crippen LogP contribution in [0.2, 0.25) is 0 Å². The first kappa shape index (κ1) is 20.9. The van der Waals surface area contributed by atoms with E-state index in [9.17, 15) is 5.11 Å². The molecule has 0 aliphatic rings. The molecule has 0 amide bonds. The van der Waals surface area contributed by atoms with Crippen LogP contribution in [0.4, 0.5) is 0 Å². The van der Waals surface area contributed by atoms with Crippen molar-refractivity contribution >= 4 is 0 Å². The molecule has 0 unspecified atom stereocenters. The van der Waals surface area contributed by atoms with Gasteiger partial charge in [-0.2, -0.15) is 5.26 Å². The maximum absolute atomic E-state index is 10.4. The van der Waals surface area contributed by atoms with Gasteiger partial charge in [0.2, 0.25) is 0 Å². The molecule has 0 bridgehead atoms. The van der Waals surface area contributed by atoms with Crippen LogP contribution in [0, 0.1) is 11.3 Å². The van der Waals surface area contributed by atoms with E-state index in [1.165, 1.54) is 5.56 Å². The molecule has 0 aliphatic heterocycles. The van der Waals surface area contributed by atoms with Crippen LogP contribution < -0.4 is 4.74 Å². The molecule has 0 fully saturated rings. The highest BCUT2D eigenvalue weighted by molar-refractivity contribution is 5.34. The lowest BCUT2D eigenvalue weighted by molar-refractivity contribution is 0.0318. The van der Waals surface area contributed by atoms with Gasteiger partial charge in [-0.3, -0.25) is 4.90 Å². The van der Waals surface area contributed by atoms with Crippen LogP contribution >= 0.6 is 0 Å². The minimum atomic E-state index is -0.615. The molecule has 0 heterocycles. The highest BCUT2D eigenvalue weighted by atomic mass is 16.5. The third kappa shape index (κ3) is 7.03. The van der Waals surface area contributed by atoms with Gasteiger partial charge in [-0.1, -0.05) is 37.3 Å². The Kier molecular flexibility index (Phi) is 8.79. The summed E-state index contributed by atoms with van der Waals surface area (Å²) in [4.78, 5) is 2.23. The van der Waals surface area contributed by atoms with E-state index >= 15 is 0 Å². The van der Waals surface area contributed by atoms with Gasteiger partial charge in [0.15, 0.2) is 0 Å². The van der Waals surface area contributed by atoms with Gasteiger partial charge in [-0.15, -0.1) is 0 Å². The van der Waals surface area contributed by atoms with Gasteiger partial charge in [-0.25, -0.2) is 0 Å². The molecule has 5 nitrogen and oxygen atoms in total. The zero-order chi connectivity index (χ0) is 19.5. The summed E-state index contributed by atoms with van der Waals surface area (Å²) in [6.07, 6.45) is 0.252. The number of ether oxygens (including phenoxy) is 2. The fourth-order valence-corrected chi connectivity index (χ4v) is 3.05. The van der Waals surface area contributed by atoms with E-state index in [-0.39, 0.29) is 12.6 Å². The van der Waals surface area contributed by atoms with Crippen LogP contribution in [-0.2, 0) is 11.2 Å². The van der Waals surface area contributed by atoms with Crippen LogP contribution in [-0.4, -0.2) is 55.6 Å². The SMILES string of the molecule is CCN(C[C@@H](O)COc1ccc(C#N)cc1)[C@@H](COC)Cc1ccccc1. The zero-order valence-electron chi connectivity index (χ0n) is 16.0. The number of methoxy groups -OCH3 is 1. The molecular weight excluding hydrogens is 340 g/mol. The second-order valence-electron chi connectivity index (χ2n) is 6.49. The third-order valence-corrected chi connectivity index (χ3v) is 4.47. The van der Waals surface area contributed by atoms with E-state index in [4.69, 9.17) is 14.7 Å². The number of nitriles is 1. The molecule has 0 saturated carbocycles. The van der Waals surface area contributed by atoms with Crippen molar-refractivity contribution in [1.82, 2.24) is 4.90 Å². The van der Waals surface area contributed by atoms with Crippen LogP contribution in [0.3, 0.4) is 0 Å². The van der Waals surface area contributed by atoms with Crippen molar-refractivity contribution < 1.29 is 14.6 Å². The van der Waals surface area contributed by atoms with Crippen molar-refractivity contribution in [1.29, 1.82) is 5.26 Å². The monoisotopic (exact) mass is 368 g/mol. The Labute approximate surface area is 161 Å². The van der Waals surface area contributed by atoms with Crippen LogP contribution in [0.15, 0.2) is 54.6 Å². The maximum atomic E-state index is 10.4. The summed E-state index contributed by atoms with van der Waals surface area (Å²) in [7, 11) is 1.70. The van der Waals surface area contributed by atoms with Gasteiger partial charge in [0, 0.05) is 19.7 Å². The molecule has 1 N–H and O–H groups in total. The van der Waals surface area contributed by atoms with Crippen molar-refractivity contribution in [3.8, 4) is 11.8 Å². The van der Waals surface area contributed by atoms with Crippen molar-refractivity contribution in [2.45, 2.75) is 25.5 Å². The number of aliphatic hydroxyl groups excluding tert-OH is 1. The first-order valence-corrected chi connectivity index (χ1v) is 9.24. The predicted molar refractivity (Wildman–Crippen MR) is 106 cm³/mol. The fraction of sp³-hybridized carbons (Fsp3) is 0.409. The molecule has 2 aromatic carbocycles. The van der Waals surface area contributed by atoms with E-state index in [1.807, 2.05) is 18.2 Å². The number of aliphatic hydroxyl groups is 1. The molecule has 5 heteroatoms. The average Bonchev–Trinajstić information content (AvgIpc) is 2.71. The number of benzene rings is 2. The Bertz CT molecular complexity index is 698. The number of nitrogens with zero attached hydrogens (tertiary/aromatic N) is 2. The fourth-order valence-electron chi connectivity index (χ4n) is 3.05. The van der Waals surface area contributed by atoms with Crippen molar-refractivity contribution in [3.63, 3.8) is 0 Å². The second kappa shape index (κ2) is 11.3. The highest BCUT2D eigenvalue weighted by Gasteiger charge is 2.21. The summed E-state index contributed by atoms with van der Waals surface area (Å²) >= 11 is 0. The average molecular weight is 368 g/mol. The second-order valence-corrected chi connectivity index (χ2v) is 6.49. The Morgan fingerprint density at radius 2 is 1.78 bits per heavy atom. The number of hydrogen-bond acceptors (Lipinski definition) is 5. The van der Waals surface area contributed by atoms with E-state index in [0.717, 1.165) is 13.0 Å². The Morgan fingerprint density at radius 1 is 1.07 bits per heavy atom. The molecule has 144 valence electrons. The molecule has 0 aromatic heterocycles. The van der Waals surface area contributed by atoms with Crippen LogP contribution in [0.25, 0.3) is 0 Å². The van der Waals surface area contributed by atoms with E-state index in [0.29, 0.717) is 24.5 Å². The number of rotatable bonds is 11. The summed E-state index contributed by atoms with van der Waals surface area (Å²) in [5.74, 6) is 0.647. The van der Waals surface area contributed by atoms with Gasteiger partial charge in [0.25, 0.3) is 0 Å². The third-order valence-electron chi connectivity index (χ3n) is 4.47. The minimum Gasteiger partial charge on any atom is -0.491 e. The van der Waals surface area contributed by atoms with Gasteiger partial charge < -0.3 is 14.6 Å². The van der Waals surface area contributed by atoms with E-state index < -0.39 is 6.10 Å². The van der Waals surface area contributed by atoms with Crippen LogP contribution in [0.1, 0.15) is 18.1 Å². The molecule has 2 rings (SSSR count). The zero-order valence-corrected chi connectivity index (χ0v) is 16.0. The Balaban J connectivity index is 1.90. The molecule has 27 heavy (non-hydrogen) atoms. The number of hydrogen-bond donors (Lipinski definition) is 1. The molecule has 0 spiro atoms. The molecule has 2 aromatic rings. The largest absolute Gasteiger partial charge is 0.491 e. The summed E-state index contributed by atoms with van der Waals surface area (Å²) in [6.45, 7) is 4.21. The lowest BCUT2D eigenvalue weighted by Gasteiger charge is -2.32. The topological polar surface area (TPSA) is 65.7 Å². The van der Waals surface area contributed by atoms with E-state index in [2.05, 4.69) is 30.0 Å². The van der Waals surface area contributed by atoms with Crippen molar-refractivity contribution in [2.75, 3.05) is 33.4 Å². The number of likely N-dealkylation sites (N-methyl/N-ethyl adjacent to an activating group) is 1. The Morgan fingerprint density at radius 3 is 2.37 bits per heavy atom. The highest BCUT2D eigenvalue weighted by Crippen LogP contribution is 2.13. The molecular formula is C22H28N2O3. The Hall–Kier alpha value is -2.39.